The highest BCUT2D eigenvalue weighted by Crippen LogP contribution is 2.21. The van der Waals surface area contributed by atoms with Gasteiger partial charge in [-0.15, -0.1) is 17.2 Å². The zero-order valence-electron chi connectivity index (χ0n) is 25.6. The first kappa shape index (κ1) is 36.9. The zero-order valence-corrected chi connectivity index (χ0v) is 27.6. The van der Waals surface area contributed by atoms with E-state index in [4.69, 9.17) is 0 Å². The smallest absolute Gasteiger partial charge is 0.0316 e. The minimum absolute atomic E-state index is 1.26. The molecule has 0 saturated carbocycles. The molecule has 0 radical (unpaired) electrons. The average molecular weight is 543 g/mol. The van der Waals surface area contributed by atoms with Crippen LogP contribution in [0.1, 0.15) is 194 Å². The third kappa shape index (κ3) is 34.9. The van der Waals surface area contributed by atoms with Crippen LogP contribution in [-0.4, -0.2) is 24.6 Å². The van der Waals surface area contributed by atoms with Gasteiger partial charge in [-0.1, -0.05) is 181 Å². The van der Waals surface area contributed by atoms with Crippen LogP contribution in [0.25, 0.3) is 0 Å². The van der Waals surface area contributed by atoms with Gasteiger partial charge in [0.1, 0.15) is 0 Å². The number of unbranched alkanes of at least 4 members (excludes halogenated alkanes) is 26. The second-order valence-electron chi connectivity index (χ2n) is 11.7. The van der Waals surface area contributed by atoms with Crippen molar-refractivity contribution in [2.24, 2.45) is 0 Å². The van der Waals surface area contributed by atoms with Gasteiger partial charge in [0.15, 0.2) is 0 Å². The lowest BCUT2D eigenvalue weighted by molar-refractivity contribution is 0.538. The molecule has 0 aromatic carbocycles. The summed E-state index contributed by atoms with van der Waals surface area (Å²) in [7, 11) is 2.52. The van der Waals surface area contributed by atoms with Crippen LogP contribution >= 0.6 is 17.2 Å². The summed E-state index contributed by atoms with van der Waals surface area (Å²) >= 11 is 0. The predicted molar refractivity (Wildman–Crippen MR) is 177 cm³/mol. The van der Waals surface area contributed by atoms with Crippen molar-refractivity contribution in [3.05, 3.63) is 0 Å². The van der Waals surface area contributed by atoms with Crippen LogP contribution < -0.4 is 0 Å². The molecule has 0 heterocycles. The molecule has 0 N–H and O–H groups in total. The highest BCUT2D eigenvalue weighted by atomic mass is 31.1. The van der Waals surface area contributed by atoms with E-state index in [2.05, 4.69) is 13.8 Å². The summed E-state index contributed by atoms with van der Waals surface area (Å²) in [6, 6.07) is 0. The van der Waals surface area contributed by atoms with E-state index in [1.807, 2.05) is 0 Å². The van der Waals surface area contributed by atoms with Gasteiger partial charge in [0.25, 0.3) is 0 Å². The van der Waals surface area contributed by atoms with Gasteiger partial charge in [-0.05, 0) is 37.5 Å². The van der Waals surface area contributed by atoms with Crippen LogP contribution in [-0.2, 0) is 0 Å². The highest BCUT2D eigenvalue weighted by Gasteiger charge is 1.97. The molecule has 0 rings (SSSR count). The average Bonchev–Trinajstić information content (AvgIpc) is 2.89. The van der Waals surface area contributed by atoms with E-state index in [0.717, 1.165) is 0 Å². The molecule has 218 valence electrons. The lowest BCUT2D eigenvalue weighted by Gasteiger charge is -2.05. The molecule has 0 aliphatic rings. The lowest BCUT2D eigenvalue weighted by Crippen LogP contribution is -1.87. The summed E-state index contributed by atoms with van der Waals surface area (Å²) in [4.78, 5) is 0. The van der Waals surface area contributed by atoms with E-state index in [1.165, 1.54) is 222 Å². The van der Waals surface area contributed by atoms with Crippen molar-refractivity contribution in [3.8, 4) is 0 Å². The number of rotatable bonds is 33. The lowest BCUT2D eigenvalue weighted by atomic mass is 10.0. The summed E-state index contributed by atoms with van der Waals surface area (Å²) in [6.45, 7) is 4.62. The molecule has 0 aromatic heterocycles. The van der Waals surface area contributed by atoms with Crippen molar-refractivity contribution in [2.45, 2.75) is 194 Å². The van der Waals surface area contributed by atoms with Gasteiger partial charge in [-0.25, -0.2) is 0 Å². The topological polar surface area (TPSA) is 0 Å². The van der Waals surface area contributed by atoms with E-state index < -0.39 is 0 Å². The van der Waals surface area contributed by atoms with Gasteiger partial charge < -0.3 is 0 Å². The first-order valence-corrected chi connectivity index (χ1v) is 20.2. The molecular weight excluding hydrogens is 470 g/mol. The van der Waals surface area contributed by atoms with Crippen LogP contribution in [0.4, 0.5) is 0 Å². The molecule has 0 bridgehead atoms. The van der Waals surface area contributed by atoms with Crippen LogP contribution in [0.2, 0.25) is 0 Å². The Balaban J connectivity index is 3.00. The van der Waals surface area contributed by atoms with Gasteiger partial charge in [0, 0.05) is 0 Å². The molecule has 0 nitrogen and oxygen atoms in total. The van der Waals surface area contributed by atoms with Gasteiger partial charge in [0.05, 0.1) is 0 Å². The fourth-order valence-electron chi connectivity index (χ4n) is 5.32. The Morgan fingerprint density at radius 1 is 0.222 bits per heavy atom. The quantitative estimate of drug-likeness (QED) is 0.0571. The molecule has 2 atom stereocenters. The molecule has 0 aliphatic heterocycles. The van der Waals surface area contributed by atoms with E-state index in [-0.39, 0.29) is 0 Å². The van der Waals surface area contributed by atoms with Crippen molar-refractivity contribution in [1.29, 1.82) is 0 Å². The first-order chi connectivity index (χ1) is 17.9. The zero-order chi connectivity index (χ0) is 26.0. The second kappa shape index (κ2) is 35.9. The minimum atomic E-state index is 1.26. The summed E-state index contributed by atoms with van der Waals surface area (Å²) in [5.74, 6) is 0. The van der Waals surface area contributed by atoms with E-state index in [1.54, 1.807) is 0 Å². The molecule has 0 aromatic rings. The summed E-state index contributed by atoms with van der Waals surface area (Å²) in [5, 5.41) is 0. The Hall–Kier alpha value is 0.860. The van der Waals surface area contributed by atoms with E-state index in [0.29, 0.717) is 0 Å². The maximum atomic E-state index is 2.31. The molecule has 0 saturated heterocycles. The molecular formula is C34H72P2. The first-order valence-electron chi connectivity index (χ1n) is 17.3. The highest BCUT2D eigenvalue weighted by molar-refractivity contribution is 7.42. The van der Waals surface area contributed by atoms with Gasteiger partial charge in [-0.3, -0.25) is 0 Å². The fraction of sp³-hybridized carbons (Fsp3) is 1.00. The third-order valence-corrected chi connectivity index (χ3v) is 11.0. The summed E-state index contributed by atoms with van der Waals surface area (Å²) < 4.78 is 0. The van der Waals surface area contributed by atoms with Crippen LogP contribution in [0, 0.1) is 0 Å². The molecule has 36 heavy (non-hydrogen) atoms. The second-order valence-corrected chi connectivity index (χ2v) is 14.7. The van der Waals surface area contributed by atoms with Crippen molar-refractivity contribution < 1.29 is 0 Å². The minimum Gasteiger partial charge on any atom is -0.122 e. The number of hydrogen-bond acceptors (Lipinski definition) is 0. The third-order valence-electron chi connectivity index (χ3n) is 7.89. The van der Waals surface area contributed by atoms with Crippen LogP contribution in [0.3, 0.4) is 0 Å². The Morgan fingerprint density at radius 2 is 0.417 bits per heavy atom. The van der Waals surface area contributed by atoms with Gasteiger partial charge >= 0.3 is 0 Å². The van der Waals surface area contributed by atoms with Crippen molar-refractivity contribution >= 4 is 17.2 Å². The van der Waals surface area contributed by atoms with Crippen molar-refractivity contribution in [1.82, 2.24) is 0 Å². The molecule has 2 unspecified atom stereocenters. The SMILES string of the molecule is CCCCCCCCCCCCCCCCPCCPCCCCCCCCCCCCCCCC. The standard InChI is InChI=1S/C34H72P2/c1-3-5-7-9-11-13-15-17-19-21-23-25-27-29-31-35-33-34-36-32-30-28-26-24-22-20-18-16-14-12-10-8-6-4-2/h35-36H,3-34H2,1-2H3. The summed E-state index contributed by atoms with van der Waals surface area (Å²) in [6.07, 6.45) is 47.6. The molecule has 0 spiro atoms. The monoisotopic (exact) mass is 543 g/mol. The molecule has 0 aliphatic carbocycles. The Morgan fingerprint density at radius 3 is 0.639 bits per heavy atom. The summed E-state index contributed by atoms with van der Waals surface area (Å²) in [5.41, 5.74) is 0. The van der Waals surface area contributed by atoms with Crippen molar-refractivity contribution in [2.75, 3.05) is 24.6 Å². The molecule has 0 fully saturated rings. The maximum absolute atomic E-state index is 2.31. The number of hydrogen-bond donors (Lipinski definition) is 0. The van der Waals surface area contributed by atoms with Gasteiger partial charge in [0.2, 0.25) is 0 Å². The van der Waals surface area contributed by atoms with Gasteiger partial charge in [-0.2, -0.15) is 0 Å². The van der Waals surface area contributed by atoms with Crippen molar-refractivity contribution in [3.63, 3.8) is 0 Å². The van der Waals surface area contributed by atoms with E-state index in [9.17, 15) is 0 Å². The Labute approximate surface area is 235 Å². The Kier molecular flexibility index (Phi) is 36.7. The largest absolute Gasteiger partial charge is 0.122 e. The normalized spacial score (nSPS) is 12.2. The van der Waals surface area contributed by atoms with Crippen LogP contribution in [0.15, 0.2) is 0 Å². The van der Waals surface area contributed by atoms with Crippen LogP contribution in [0.5, 0.6) is 0 Å². The molecule has 2 heteroatoms. The maximum Gasteiger partial charge on any atom is -0.0316 e. The van der Waals surface area contributed by atoms with E-state index >= 15 is 0 Å². The fourth-order valence-corrected chi connectivity index (χ4v) is 8.23. The Bertz CT molecular complexity index is 323. The predicted octanol–water partition coefficient (Wildman–Crippen LogP) is 13.3. The molecule has 0 amide bonds.